The van der Waals surface area contributed by atoms with Gasteiger partial charge in [-0.3, -0.25) is 0 Å². The molecule has 0 aliphatic rings. The molecule has 0 spiro atoms. The normalized spacial score (nSPS) is 10.9. The smallest absolute Gasteiger partial charge is 0.137 e. The third-order valence-corrected chi connectivity index (χ3v) is 3.56. The SMILES string of the molecule is Cc1cc(C)cc(N(C)c2cc(Br)nc(C(C)C)n2)c1. The summed E-state index contributed by atoms with van der Waals surface area (Å²) in [5, 5.41) is 0. The fraction of sp³-hybridized carbons (Fsp3) is 0.375. The van der Waals surface area contributed by atoms with Crippen LogP contribution in [0.25, 0.3) is 0 Å². The van der Waals surface area contributed by atoms with E-state index in [2.05, 4.69) is 76.7 Å². The molecule has 0 atom stereocenters. The summed E-state index contributed by atoms with van der Waals surface area (Å²) in [5.74, 6) is 2.06. The Morgan fingerprint density at radius 3 is 2.15 bits per heavy atom. The van der Waals surface area contributed by atoms with Crippen LogP contribution in [0.1, 0.15) is 36.7 Å². The zero-order valence-corrected chi connectivity index (χ0v) is 14.2. The van der Waals surface area contributed by atoms with Gasteiger partial charge in [-0.2, -0.15) is 0 Å². The van der Waals surface area contributed by atoms with E-state index in [1.54, 1.807) is 0 Å². The van der Waals surface area contributed by atoms with Crippen molar-refractivity contribution in [3.8, 4) is 0 Å². The molecule has 0 aliphatic heterocycles. The van der Waals surface area contributed by atoms with Crippen LogP contribution in [0.2, 0.25) is 0 Å². The molecule has 0 unspecified atom stereocenters. The number of halogens is 1. The molecule has 0 N–H and O–H groups in total. The molecule has 3 nitrogen and oxygen atoms in total. The van der Waals surface area contributed by atoms with Crippen LogP contribution in [0.4, 0.5) is 11.5 Å². The predicted octanol–water partition coefficient (Wildman–Crippen LogP) is 4.75. The van der Waals surface area contributed by atoms with Crippen molar-refractivity contribution in [2.24, 2.45) is 0 Å². The minimum Gasteiger partial charge on any atom is -0.329 e. The van der Waals surface area contributed by atoms with Crippen molar-refractivity contribution in [1.29, 1.82) is 0 Å². The summed E-state index contributed by atoms with van der Waals surface area (Å²) < 4.78 is 0.822. The fourth-order valence-electron chi connectivity index (χ4n) is 2.13. The number of aryl methyl sites for hydroxylation is 2. The number of anilines is 2. The fourth-order valence-corrected chi connectivity index (χ4v) is 2.52. The lowest BCUT2D eigenvalue weighted by Gasteiger charge is -2.20. The second-order valence-corrected chi connectivity index (χ2v) is 6.28. The largest absolute Gasteiger partial charge is 0.329 e. The molecule has 0 aliphatic carbocycles. The minimum absolute atomic E-state index is 0.305. The van der Waals surface area contributed by atoms with Gasteiger partial charge in [0.25, 0.3) is 0 Å². The molecule has 1 heterocycles. The Labute approximate surface area is 129 Å². The van der Waals surface area contributed by atoms with E-state index in [0.29, 0.717) is 5.92 Å². The lowest BCUT2D eigenvalue weighted by molar-refractivity contribution is 0.767. The van der Waals surface area contributed by atoms with E-state index in [1.807, 2.05) is 13.1 Å². The van der Waals surface area contributed by atoms with Crippen LogP contribution in [-0.2, 0) is 0 Å². The van der Waals surface area contributed by atoms with Gasteiger partial charge in [-0.25, -0.2) is 9.97 Å². The van der Waals surface area contributed by atoms with Gasteiger partial charge in [-0.15, -0.1) is 0 Å². The van der Waals surface area contributed by atoms with Gasteiger partial charge in [0, 0.05) is 24.7 Å². The monoisotopic (exact) mass is 333 g/mol. The molecule has 2 rings (SSSR count). The topological polar surface area (TPSA) is 29.0 Å². The van der Waals surface area contributed by atoms with Crippen molar-refractivity contribution >= 4 is 27.4 Å². The molecule has 1 aromatic heterocycles. The number of hydrogen-bond donors (Lipinski definition) is 0. The van der Waals surface area contributed by atoms with Crippen molar-refractivity contribution in [2.75, 3.05) is 11.9 Å². The Bertz CT molecular complexity index is 603. The summed E-state index contributed by atoms with van der Waals surface area (Å²) in [5.41, 5.74) is 3.65. The van der Waals surface area contributed by atoms with Gasteiger partial charge in [-0.05, 0) is 53.0 Å². The van der Waals surface area contributed by atoms with Crippen molar-refractivity contribution < 1.29 is 0 Å². The lowest BCUT2D eigenvalue weighted by Crippen LogP contribution is -2.13. The average molecular weight is 334 g/mol. The van der Waals surface area contributed by atoms with Crippen molar-refractivity contribution in [2.45, 2.75) is 33.6 Å². The molecule has 20 heavy (non-hydrogen) atoms. The highest BCUT2D eigenvalue weighted by Crippen LogP contribution is 2.27. The van der Waals surface area contributed by atoms with Crippen molar-refractivity contribution in [3.05, 3.63) is 45.8 Å². The second kappa shape index (κ2) is 5.92. The van der Waals surface area contributed by atoms with Crippen molar-refractivity contribution in [1.82, 2.24) is 9.97 Å². The van der Waals surface area contributed by atoms with E-state index in [4.69, 9.17) is 0 Å². The molecule has 0 fully saturated rings. The summed E-state index contributed by atoms with van der Waals surface area (Å²) in [7, 11) is 2.03. The van der Waals surface area contributed by atoms with Crippen LogP contribution < -0.4 is 4.90 Å². The first-order chi connectivity index (χ1) is 9.36. The molecule has 106 valence electrons. The third kappa shape index (κ3) is 3.37. The maximum Gasteiger partial charge on any atom is 0.137 e. The Morgan fingerprint density at radius 2 is 1.60 bits per heavy atom. The number of benzene rings is 1. The summed E-state index contributed by atoms with van der Waals surface area (Å²) >= 11 is 3.47. The molecule has 0 saturated heterocycles. The first kappa shape index (κ1) is 15.0. The molecule has 0 saturated carbocycles. The minimum atomic E-state index is 0.305. The maximum atomic E-state index is 4.65. The van der Waals surface area contributed by atoms with Crippen LogP contribution in [0, 0.1) is 13.8 Å². The van der Waals surface area contributed by atoms with Crippen LogP contribution in [0.5, 0.6) is 0 Å². The van der Waals surface area contributed by atoms with E-state index in [9.17, 15) is 0 Å². The molecule has 1 aromatic carbocycles. The standard InChI is InChI=1S/C16H20BrN3/c1-10(2)16-18-14(17)9-15(19-16)20(5)13-7-11(3)6-12(4)8-13/h6-10H,1-5H3. The highest BCUT2D eigenvalue weighted by atomic mass is 79.9. The molecule has 4 heteroatoms. The van der Waals surface area contributed by atoms with Gasteiger partial charge in [0.1, 0.15) is 16.2 Å². The van der Waals surface area contributed by atoms with E-state index in [-0.39, 0.29) is 0 Å². The Kier molecular flexibility index (Phi) is 4.43. The lowest BCUT2D eigenvalue weighted by atomic mass is 10.1. The number of hydrogen-bond acceptors (Lipinski definition) is 3. The zero-order valence-electron chi connectivity index (χ0n) is 12.6. The summed E-state index contributed by atoms with van der Waals surface area (Å²) in [6.45, 7) is 8.42. The van der Waals surface area contributed by atoms with E-state index < -0.39 is 0 Å². The van der Waals surface area contributed by atoms with E-state index >= 15 is 0 Å². The Balaban J connectivity index is 2.44. The predicted molar refractivity (Wildman–Crippen MR) is 87.8 cm³/mol. The summed E-state index contributed by atoms with van der Waals surface area (Å²) in [4.78, 5) is 11.2. The summed E-state index contributed by atoms with van der Waals surface area (Å²) in [6, 6.07) is 8.45. The average Bonchev–Trinajstić information content (AvgIpc) is 2.35. The first-order valence-electron chi connectivity index (χ1n) is 6.73. The number of rotatable bonds is 3. The Morgan fingerprint density at radius 1 is 1.00 bits per heavy atom. The van der Waals surface area contributed by atoms with E-state index in [0.717, 1.165) is 21.9 Å². The van der Waals surface area contributed by atoms with Gasteiger partial charge in [0.05, 0.1) is 0 Å². The highest BCUT2D eigenvalue weighted by molar-refractivity contribution is 9.10. The molecule has 2 aromatic rings. The van der Waals surface area contributed by atoms with E-state index in [1.165, 1.54) is 11.1 Å². The van der Waals surface area contributed by atoms with Gasteiger partial charge in [-0.1, -0.05) is 19.9 Å². The second-order valence-electron chi connectivity index (χ2n) is 5.47. The van der Waals surface area contributed by atoms with Gasteiger partial charge in [0.2, 0.25) is 0 Å². The third-order valence-electron chi connectivity index (χ3n) is 3.15. The quantitative estimate of drug-likeness (QED) is 0.759. The molecule has 0 bridgehead atoms. The van der Waals surface area contributed by atoms with Gasteiger partial charge >= 0.3 is 0 Å². The van der Waals surface area contributed by atoms with Crippen LogP contribution in [0.3, 0.4) is 0 Å². The van der Waals surface area contributed by atoms with Crippen LogP contribution >= 0.6 is 15.9 Å². The highest BCUT2D eigenvalue weighted by Gasteiger charge is 2.11. The molecule has 0 amide bonds. The molecular weight excluding hydrogens is 314 g/mol. The van der Waals surface area contributed by atoms with Crippen LogP contribution in [0.15, 0.2) is 28.9 Å². The maximum absolute atomic E-state index is 4.65. The molecular formula is C16H20BrN3. The number of nitrogens with zero attached hydrogens (tertiary/aromatic N) is 3. The van der Waals surface area contributed by atoms with Crippen LogP contribution in [-0.4, -0.2) is 17.0 Å². The Hall–Kier alpha value is -1.42. The number of aromatic nitrogens is 2. The zero-order chi connectivity index (χ0) is 14.9. The van der Waals surface area contributed by atoms with Gasteiger partial charge in [0.15, 0.2) is 0 Å². The molecule has 0 radical (unpaired) electrons. The van der Waals surface area contributed by atoms with Crippen molar-refractivity contribution in [3.63, 3.8) is 0 Å². The first-order valence-corrected chi connectivity index (χ1v) is 7.52. The van der Waals surface area contributed by atoms with Gasteiger partial charge < -0.3 is 4.90 Å². The summed E-state index contributed by atoms with van der Waals surface area (Å²) in [6.07, 6.45) is 0.